The van der Waals surface area contributed by atoms with E-state index in [1.54, 1.807) is 6.07 Å². The Hall–Kier alpha value is -0.150. The van der Waals surface area contributed by atoms with Gasteiger partial charge in [-0.25, -0.2) is 0 Å². The maximum atomic E-state index is 9.49. The molecule has 0 bridgehead atoms. The lowest BCUT2D eigenvalue weighted by Crippen LogP contribution is -1.94. The van der Waals surface area contributed by atoms with E-state index in [1.807, 2.05) is 12.1 Å². The second-order valence-corrected chi connectivity index (χ2v) is 8.29. The average molecular weight is 432 g/mol. The number of hydrogen-bond donors (Lipinski definition) is 1. The lowest BCUT2D eigenvalue weighted by molar-refractivity contribution is 0.474. The summed E-state index contributed by atoms with van der Waals surface area (Å²) >= 11 is 3.81. The van der Waals surface area contributed by atoms with Gasteiger partial charge in [-0.15, -0.1) is 0 Å². The highest BCUT2D eigenvalue weighted by Gasteiger charge is 2.10. The number of halogens is 1. The molecule has 0 saturated heterocycles. The number of benzene rings is 1. The van der Waals surface area contributed by atoms with Gasteiger partial charge >= 0.3 is 0 Å². The SMILES string of the molecule is CCCCCCCCCCCCCCC(Br)c1ccc(O)cc1C.S. The molecule has 0 aromatic heterocycles. The number of phenols is 1. The van der Waals surface area contributed by atoms with Crippen molar-refractivity contribution < 1.29 is 5.11 Å². The first-order valence-electron chi connectivity index (χ1n) is 10.1. The highest BCUT2D eigenvalue weighted by molar-refractivity contribution is 9.09. The van der Waals surface area contributed by atoms with Crippen LogP contribution < -0.4 is 0 Å². The van der Waals surface area contributed by atoms with Crippen molar-refractivity contribution in [1.29, 1.82) is 0 Å². The van der Waals surface area contributed by atoms with Crippen LogP contribution in [0.25, 0.3) is 0 Å². The number of aromatic hydroxyl groups is 1. The molecule has 0 amide bonds. The molecule has 0 aliphatic carbocycles. The van der Waals surface area contributed by atoms with E-state index < -0.39 is 0 Å². The third-order valence-corrected chi connectivity index (χ3v) is 5.85. The predicted octanol–water partition coefficient (Wildman–Crippen LogP) is 8.34. The Morgan fingerprint density at radius 1 is 0.840 bits per heavy atom. The van der Waals surface area contributed by atoms with E-state index in [9.17, 15) is 5.11 Å². The van der Waals surface area contributed by atoms with E-state index in [0.29, 0.717) is 10.6 Å². The number of hydrogen-bond acceptors (Lipinski definition) is 1. The van der Waals surface area contributed by atoms with Crippen molar-refractivity contribution in [2.24, 2.45) is 0 Å². The second-order valence-electron chi connectivity index (χ2n) is 7.19. The zero-order valence-electron chi connectivity index (χ0n) is 16.3. The van der Waals surface area contributed by atoms with Gasteiger partial charge in [-0.2, -0.15) is 13.5 Å². The Kier molecular flexibility index (Phi) is 16.0. The predicted molar refractivity (Wildman–Crippen MR) is 121 cm³/mol. The summed E-state index contributed by atoms with van der Waals surface area (Å²) in [7, 11) is 0. The molecule has 3 heteroatoms. The second kappa shape index (κ2) is 16.1. The third kappa shape index (κ3) is 12.0. The van der Waals surface area contributed by atoms with Crippen molar-refractivity contribution in [2.45, 2.75) is 102 Å². The lowest BCUT2D eigenvalue weighted by atomic mass is 10.0. The maximum absolute atomic E-state index is 9.49. The molecule has 0 heterocycles. The number of phenolic OH excluding ortho intramolecular Hbond substituents is 1. The molecular weight excluding hydrogens is 392 g/mol. The van der Waals surface area contributed by atoms with Crippen molar-refractivity contribution in [3.05, 3.63) is 29.3 Å². The monoisotopic (exact) mass is 430 g/mol. The first-order valence-corrected chi connectivity index (χ1v) is 11.0. The summed E-state index contributed by atoms with van der Waals surface area (Å²) in [6, 6.07) is 5.69. The minimum atomic E-state index is 0. The van der Waals surface area contributed by atoms with Gasteiger partial charge in [0.15, 0.2) is 0 Å². The highest BCUT2D eigenvalue weighted by Crippen LogP contribution is 2.32. The molecule has 0 spiro atoms. The fourth-order valence-corrected chi connectivity index (χ4v) is 4.17. The summed E-state index contributed by atoms with van der Waals surface area (Å²) in [5.74, 6) is 0.362. The molecular formula is C22H39BrOS. The van der Waals surface area contributed by atoms with E-state index in [2.05, 4.69) is 29.8 Å². The fourth-order valence-electron chi connectivity index (χ4n) is 3.33. The van der Waals surface area contributed by atoms with E-state index >= 15 is 0 Å². The standard InChI is InChI=1S/C22H37BrO.H2S/c1-3-4-5-6-7-8-9-10-11-12-13-14-15-22(23)21-17-16-20(24)18-19(21)2;/h16-18,22,24H,3-15H2,1-2H3;1H2. The van der Waals surface area contributed by atoms with Crippen LogP contribution in [0.15, 0.2) is 18.2 Å². The molecule has 1 aromatic rings. The zero-order chi connectivity index (χ0) is 17.6. The molecule has 0 saturated carbocycles. The van der Waals surface area contributed by atoms with Crippen LogP contribution in [0.2, 0.25) is 0 Å². The van der Waals surface area contributed by atoms with Crippen LogP contribution in [0.5, 0.6) is 5.75 Å². The maximum Gasteiger partial charge on any atom is 0.115 e. The largest absolute Gasteiger partial charge is 0.508 e. The number of unbranched alkanes of at least 4 members (excludes halogenated alkanes) is 11. The number of rotatable bonds is 14. The Labute approximate surface area is 171 Å². The summed E-state index contributed by atoms with van der Waals surface area (Å²) in [6.07, 6.45) is 18.0. The summed E-state index contributed by atoms with van der Waals surface area (Å²) in [5, 5.41) is 9.49. The first-order chi connectivity index (χ1) is 11.6. The van der Waals surface area contributed by atoms with Crippen molar-refractivity contribution in [2.75, 3.05) is 0 Å². The van der Waals surface area contributed by atoms with Gasteiger partial charge < -0.3 is 5.11 Å². The van der Waals surface area contributed by atoms with E-state index in [-0.39, 0.29) is 13.5 Å². The van der Waals surface area contributed by atoms with Gasteiger partial charge in [-0.05, 0) is 36.6 Å². The van der Waals surface area contributed by atoms with E-state index in [0.717, 1.165) is 0 Å². The summed E-state index contributed by atoms with van der Waals surface area (Å²) in [5.41, 5.74) is 2.49. The van der Waals surface area contributed by atoms with Gasteiger partial charge in [-0.3, -0.25) is 0 Å². The smallest absolute Gasteiger partial charge is 0.115 e. The third-order valence-electron chi connectivity index (χ3n) is 4.90. The summed E-state index contributed by atoms with van der Waals surface area (Å²) in [6.45, 7) is 4.36. The molecule has 1 rings (SSSR count). The minimum Gasteiger partial charge on any atom is -0.508 e. The molecule has 1 nitrogen and oxygen atoms in total. The topological polar surface area (TPSA) is 20.2 Å². The van der Waals surface area contributed by atoms with Crippen molar-refractivity contribution in [1.82, 2.24) is 0 Å². The molecule has 0 radical (unpaired) electrons. The quantitative estimate of drug-likeness (QED) is 0.232. The van der Waals surface area contributed by atoms with Gasteiger partial charge in [0, 0.05) is 4.83 Å². The lowest BCUT2D eigenvalue weighted by Gasteiger charge is -2.13. The van der Waals surface area contributed by atoms with Gasteiger partial charge in [0.2, 0.25) is 0 Å². The van der Waals surface area contributed by atoms with E-state index in [1.165, 1.54) is 94.6 Å². The van der Waals surface area contributed by atoms with Gasteiger partial charge in [0.1, 0.15) is 5.75 Å². The molecule has 1 aromatic carbocycles. The molecule has 0 aliphatic rings. The summed E-state index contributed by atoms with van der Waals surface area (Å²) in [4.78, 5) is 0.418. The average Bonchev–Trinajstić information content (AvgIpc) is 2.55. The molecule has 0 aliphatic heterocycles. The van der Waals surface area contributed by atoms with Crippen molar-refractivity contribution in [3.8, 4) is 5.75 Å². The van der Waals surface area contributed by atoms with Crippen LogP contribution in [0.3, 0.4) is 0 Å². The van der Waals surface area contributed by atoms with Crippen LogP contribution in [0, 0.1) is 6.92 Å². The Balaban J connectivity index is 0.00000576. The van der Waals surface area contributed by atoms with Crippen LogP contribution in [-0.4, -0.2) is 5.11 Å². The molecule has 1 atom stereocenters. The Morgan fingerprint density at radius 2 is 1.32 bits per heavy atom. The molecule has 1 unspecified atom stereocenters. The van der Waals surface area contributed by atoms with Crippen molar-refractivity contribution >= 4 is 29.4 Å². The van der Waals surface area contributed by atoms with Crippen LogP contribution in [0.1, 0.15) is 106 Å². The van der Waals surface area contributed by atoms with Crippen LogP contribution in [-0.2, 0) is 0 Å². The Morgan fingerprint density at radius 3 is 1.80 bits per heavy atom. The first kappa shape index (κ1) is 24.8. The Bertz CT molecular complexity index is 436. The number of alkyl halides is 1. The molecule has 0 fully saturated rings. The van der Waals surface area contributed by atoms with Crippen molar-refractivity contribution in [3.63, 3.8) is 0 Å². The molecule has 146 valence electrons. The molecule has 1 N–H and O–H groups in total. The van der Waals surface area contributed by atoms with E-state index in [4.69, 9.17) is 0 Å². The van der Waals surface area contributed by atoms with Gasteiger partial charge in [0.25, 0.3) is 0 Å². The zero-order valence-corrected chi connectivity index (χ0v) is 18.9. The normalized spacial score (nSPS) is 12.0. The van der Waals surface area contributed by atoms with Crippen LogP contribution in [0.4, 0.5) is 0 Å². The van der Waals surface area contributed by atoms with Crippen LogP contribution >= 0.6 is 29.4 Å². The fraction of sp³-hybridized carbons (Fsp3) is 0.727. The minimum absolute atomic E-state index is 0. The summed E-state index contributed by atoms with van der Waals surface area (Å²) < 4.78 is 0. The highest BCUT2D eigenvalue weighted by atomic mass is 79.9. The van der Waals surface area contributed by atoms with Gasteiger partial charge in [-0.1, -0.05) is 106 Å². The van der Waals surface area contributed by atoms with Gasteiger partial charge in [0.05, 0.1) is 0 Å². The molecule has 25 heavy (non-hydrogen) atoms. The number of aryl methyl sites for hydroxylation is 1.